The van der Waals surface area contributed by atoms with E-state index in [-0.39, 0.29) is 57.1 Å². The molecule has 0 radical (unpaired) electrons. The molecule has 0 aromatic rings. The van der Waals surface area contributed by atoms with Gasteiger partial charge in [-0.1, -0.05) is 60.1 Å². The number of hydrogen-bond acceptors (Lipinski definition) is 4. The Kier molecular flexibility index (Phi) is 5.97. The summed E-state index contributed by atoms with van der Waals surface area (Å²) >= 11 is 0. The molecule has 0 heterocycles. The minimum Gasteiger partial charge on any atom is -0.387 e. The van der Waals surface area contributed by atoms with Gasteiger partial charge in [-0.2, -0.15) is 5.26 Å². The van der Waals surface area contributed by atoms with Crippen molar-refractivity contribution in [3.63, 3.8) is 0 Å². The maximum atomic E-state index is 14.4. The molecule has 5 nitrogen and oxygen atoms in total. The zero-order valence-electron chi connectivity index (χ0n) is 23.9. The van der Waals surface area contributed by atoms with E-state index in [9.17, 15) is 20.0 Å². The fraction of sp³-hybridized carbons (Fsp3) is 0.781. The predicted molar refractivity (Wildman–Crippen MR) is 144 cm³/mol. The maximum Gasteiger partial charge on any atom is 0.220 e. The van der Waals surface area contributed by atoms with Crippen LogP contribution in [0, 0.1) is 56.7 Å². The van der Waals surface area contributed by atoms with Gasteiger partial charge in [0.25, 0.3) is 0 Å². The number of ketones is 1. The van der Waals surface area contributed by atoms with Gasteiger partial charge in [0.15, 0.2) is 5.78 Å². The van der Waals surface area contributed by atoms with Crippen LogP contribution in [-0.2, 0) is 9.59 Å². The summed E-state index contributed by atoms with van der Waals surface area (Å²) in [5.74, 6) is 0.467. The standard InChI is InChI=1S/C32H46N2O3/c1-8-25(36)34-32-13-11-28(3,4)17-22(32)26-23(35)15-24-29(5)16-20(18-33)27(37)19(2)21(29)9-10-30(24,6)31(26,7)12-14-32/h15-16,19,21-22,26-27,37H,8-14,17H2,1-7H3,(H,34,36)/t19-,21-,22?,26?,27?,29-,30+,31+,32-/m0/s1. The SMILES string of the molecule is CCC(=O)N[C@]12CCC(C)(C)CC1C1C(=O)C=C3[C@@]4(C)C=C(C#N)C(O)[C@@H](C)[C@@H]4CC[C@@]3(C)[C@]1(C)CC2. The van der Waals surface area contributed by atoms with E-state index in [1.807, 2.05) is 19.1 Å². The van der Waals surface area contributed by atoms with Crippen LogP contribution in [0.25, 0.3) is 0 Å². The van der Waals surface area contributed by atoms with Gasteiger partial charge in [-0.15, -0.1) is 0 Å². The average molecular weight is 507 g/mol. The first-order chi connectivity index (χ1) is 17.2. The van der Waals surface area contributed by atoms with Crippen LogP contribution in [0.3, 0.4) is 0 Å². The minimum atomic E-state index is -0.738. The number of aliphatic hydroxyl groups is 1. The molecule has 3 fully saturated rings. The maximum absolute atomic E-state index is 14.4. The van der Waals surface area contributed by atoms with E-state index in [2.05, 4.69) is 52.9 Å². The van der Waals surface area contributed by atoms with E-state index >= 15 is 0 Å². The van der Waals surface area contributed by atoms with Crippen molar-refractivity contribution >= 4 is 11.7 Å². The molecular formula is C32H46N2O3. The summed E-state index contributed by atoms with van der Waals surface area (Å²) < 4.78 is 0. The normalized spacial score (nSPS) is 48.2. The number of hydrogen-bond donors (Lipinski definition) is 2. The van der Waals surface area contributed by atoms with Crippen LogP contribution in [-0.4, -0.2) is 28.4 Å². The number of nitrogens with zero attached hydrogens (tertiary/aromatic N) is 1. The van der Waals surface area contributed by atoms with Gasteiger partial charge in [0.1, 0.15) is 0 Å². The topological polar surface area (TPSA) is 90.2 Å². The van der Waals surface area contributed by atoms with Gasteiger partial charge in [-0.25, -0.2) is 0 Å². The molecule has 0 aromatic carbocycles. The number of nitrogens with one attached hydrogen (secondary N) is 1. The van der Waals surface area contributed by atoms with Gasteiger partial charge in [-0.05, 0) is 85.0 Å². The minimum absolute atomic E-state index is 0.0295. The lowest BCUT2D eigenvalue weighted by Gasteiger charge is -2.69. The van der Waals surface area contributed by atoms with Gasteiger partial charge in [-0.3, -0.25) is 9.59 Å². The van der Waals surface area contributed by atoms with E-state index in [0.29, 0.717) is 12.0 Å². The Morgan fingerprint density at radius 3 is 2.43 bits per heavy atom. The molecule has 0 spiro atoms. The summed E-state index contributed by atoms with van der Waals surface area (Å²) in [5.41, 5.74) is 0.623. The van der Waals surface area contributed by atoms with Crippen LogP contribution < -0.4 is 5.32 Å². The van der Waals surface area contributed by atoms with Crippen molar-refractivity contribution in [1.82, 2.24) is 5.32 Å². The smallest absolute Gasteiger partial charge is 0.220 e. The monoisotopic (exact) mass is 506 g/mol. The molecule has 2 N–H and O–H groups in total. The van der Waals surface area contributed by atoms with Crippen LogP contribution in [0.4, 0.5) is 0 Å². The molecule has 5 rings (SSSR count). The van der Waals surface area contributed by atoms with Crippen LogP contribution in [0.5, 0.6) is 0 Å². The Labute approximate surface area is 223 Å². The second-order valence-corrected chi connectivity index (χ2v) is 14.7. The Hall–Kier alpha value is -1.93. The number of amides is 1. The molecule has 3 unspecified atom stereocenters. The number of carbonyl (C=O) groups excluding carboxylic acids is 2. The highest BCUT2D eigenvalue weighted by Gasteiger charge is 2.69. The van der Waals surface area contributed by atoms with E-state index in [4.69, 9.17) is 0 Å². The Morgan fingerprint density at radius 1 is 1.11 bits per heavy atom. The molecule has 5 heteroatoms. The van der Waals surface area contributed by atoms with E-state index in [1.54, 1.807) is 0 Å². The lowest BCUT2D eigenvalue weighted by Crippen LogP contribution is -2.69. The molecule has 202 valence electrons. The van der Waals surface area contributed by atoms with Gasteiger partial charge in [0, 0.05) is 23.3 Å². The summed E-state index contributed by atoms with van der Waals surface area (Å²) in [6, 6.07) is 2.26. The molecular weight excluding hydrogens is 460 g/mol. The van der Waals surface area contributed by atoms with Crippen molar-refractivity contribution in [2.45, 2.75) is 111 Å². The molecule has 3 saturated carbocycles. The third-order valence-electron chi connectivity index (χ3n) is 12.4. The van der Waals surface area contributed by atoms with E-state index in [1.165, 1.54) is 5.57 Å². The van der Waals surface area contributed by atoms with Gasteiger partial charge in [0.05, 0.1) is 17.7 Å². The van der Waals surface area contributed by atoms with Crippen molar-refractivity contribution < 1.29 is 14.7 Å². The third kappa shape index (κ3) is 3.50. The summed E-state index contributed by atoms with van der Waals surface area (Å²) in [4.78, 5) is 27.1. The van der Waals surface area contributed by atoms with Gasteiger partial charge < -0.3 is 10.4 Å². The molecule has 0 aliphatic heterocycles. The lowest BCUT2D eigenvalue weighted by molar-refractivity contribution is -0.162. The number of carbonyl (C=O) groups is 2. The first-order valence-corrected chi connectivity index (χ1v) is 14.6. The largest absolute Gasteiger partial charge is 0.387 e. The average Bonchev–Trinajstić information content (AvgIpc) is 2.83. The molecule has 0 saturated heterocycles. The predicted octanol–water partition coefficient (Wildman–Crippen LogP) is 5.89. The highest BCUT2D eigenvalue weighted by Crippen LogP contribution is 2.72. The fourth-order valence-electron chi connectivity index (χ4n) is 10.0. The Morgan fingerprint density at radius 2 is 1.78 bits per heavy atom. The first kappa shape index (κ1) is 26.7. The molecule has 5 aliphatic carbocycles. The van der Waals surface area contributed by atoms with Gasteiger partial charge >= 0.3 is 0 Å². The second-order valence-electron chi connectivity index (χ2n) is 14.7. The third-order valence-corrected chi connectivity index (χ3v) is 12.4. The van der Waals surface area contributed by atoms with E-state index in [0.717, 1.165) is 44.9 Å². The number of fused-ring (bicyclic) bond motifs is 7. The molecule has 1 amide bonds. The van der Waals surface area contributed by atoms with Crippen molar-refractivity contribution in [3.8, 4) is 6.07 Å². The molecule has 9 atom stereocenters. The number of aliphatic hydroxyl groups excluding tert-OH is 1. The second kappa shape index (κ2) is 8.28. The summed E-state index contributed by atoms with van der Waals surface area (Å²) in [6.07, 6.45) is 10.4. The lowest BCUT2D eigenvalue weighted by atomic mass is 9.35. The van der Waals surface area contributed by atoms with Gasteiger partial charge in [0.2, 0.25) is 5.91 Å². The van der Waals surface area contributed by atoms with Crippen LogP contribution in [0.1, 0.15) is 99.8 Å². The zero-order chi connectivity index (χ0) is 27.2. The molecule has 0 bridgehead atoms. The highest BCUT2D eigenvalue weighted by molar-refractivity contribution is 5.96. The summed E-state index contributed by atoms with van der Waals surface area (Å²) in [5, 5.41) is 24.1. The number of rotatable bonds is 2. The Bertz CT molecular complexity index is 1130. The number of allylic oxidation sites excluding steroid dienone is 3. The highest BCUT2D eigenvalue weighted by atomic mass is 16.3. The van der Waals surface area contributed by atoms with Crippen molar-refractivity contribution in [2.75, 3.05) is 0 Å². The quantitative estimate of drug-likeness (QED) is 0.489. The van der Waals surface area contributed by atoms with Crippen molar-refractivity contribution in [1.29, 1.82) is 5.26 Å². The Balaban J connectivity index is 1.66. The van der Waals surface area contributed by atoms with Crippen LogP contribution in [0.2, 0.25) is 0 Å². The molecule has 37 heavy (non-hydrogen) atoms. The van der Waals surface area contributed by atoms with Crippen molar-refractivity contribution in [3.05, 3.63) is 23.3 Å². The number of nitriles is 1. The van der Waals surface area contributed by atoms with Crippen LogP contribution >= 0.6 is 0 Å². The summed E-state index contributed by atoms with van der Waals surface area (Å²) in [7, 11) is 0. The summed E-state index contributed by atoms with van der Waals surface area (Å²) in [6.45, 7) is 15.5. The molecule has 0 aromatic heterocycles. The first-order valence-electron chi connectivity index (χ1n) is 14.6. The van der Waals surface area contributed by atoms with Crippen molar-refractivity contribution in [2.24, 2.45) is 45.3 Å². The zero-order valence-corrected chi connectivity index (χ0v) is 23.9. The molecule has 5 aliphatic rings. The van der Waals surface area contributed by atoms with E-state index < -0.39 is 11.5 Å². The fourth-order valence-corrected chi connectivity index (χ4v) is 10.0. The van der Waals surface area contributed by atoms with Crippen LogP contribution in [0.15, 0.2) is 23.3 Å².